The number of hydrogen-bond donors (Lipinski definition) is 0. The summed E-state index contributed by atoms with van der Waals surface area (Å²) in [5.74, 6) is 0. The van der Waals surface area contributed by atoms with Crippen molar-refractivity contribution in [2.45, 2.75) is 6.92 Å². The molecule has 0 aliphatic rings. The van der Waals surface area contributed by atoms with Crippen LogP contribution >= 0.6 is 0 Å². The van der Waals surface area contributed by atoms with Crippen LogP contribution in [0.25, 0.3) is 22.9 Å². The van der Waals surface area contributed by atoms with Crippen molar-refractivity contribution in [2.75, 3.05) is 9.80 Å². The molecule has 0 heterocycles. The normalized spacial score (nSPS) is 11.1. The molecule has 216 valence electrons. The van der Waals surface area contributed by atoms with Crippen molar-refractivity contribution in [2.24, 2.45) is 0 Å². The van der Waals surface area contributed by atoms with Crippen molar-refractivity contribution in [3.63, 3.8) is 0 Å². The van der Waals surface area contributed by atoms with Crippen molar-refractivity contribution >= 4 is 57.0 Å². The van der Waals surface area contributed by atoms with Crippen LogP contribution in [0, 0.1) is 6.92 Å². The third-order valence-corrected chi connectivity index (χ3v) is 8.05. The lowest BCUT2D eigenvalue weighted by molar-refractivity contribution is 1.27. The smallest absolute Gasteiger partial charge is 0.0468 e. The van der Waals surface area contributed by atoms with E-state index in [2.05, 4.69) is 205 Å². The van der Waals surface area contributed by atoms with Crippen molar-refractivity contribution in [3.8, 4) is 0 Å². The lowest BCUT2D eigenvalue weighted by Gasteiger charge is -2.26. The number of fused-ring (bicyclic) bond motifs is 1. The van der Waals surface area contributed by atoms with Gasteiger partial charge >= 0.3 is 0 Å². The quantitative estimate of drug-likeness (QED) is 0.166. The van der Waals surface area contributed by atoms with Gasteiger partial charge in [-0.1, -0.05) is 115 Å². The Labute approximate surface area is 265 Å². The van der Waals surface area contributed by atoms with Gasteiger partial charge in [0.2, 0.25) is 0 Å². The second kappa shape index (κ2) is 12.8. The van der Waals surface area contributed by atoms with Gasteiger partial charge in [-0.2, -0.15) is 0 Å². The SMILES string of the molecule is Cc1cccc(N(c2ccccc2)c2ccc(C=Cc3ccc(N(c4ccccc4)c4ccc5ccccc5c4)cc3)cc2)c1. The van der Waals surface area contributed by atoms with E-state index in [0.29, 0.717) is 0 Å². The number of rotatable bonds is 8. The van der Waals surface area contributed by atoms with Gasteiger partial charge in [0.25, 0.3) is 0 Å². The number of para-hydroxylation sites is 2. The average Bonchev–Trinajstić information content (AvgIpc) is 3.10. The van der Waals surface area contributed by atoms with Gasteiger partial charge in [-0.15, -0.1) is 0 Å². The topological polar surface area (TPSA) is 6.48 Å². The predicted octanol–water partition coefficient (Wildman–Crippen LogP) is 12.3. The molecular formula is C43H34N2. The first kappa shape index (κ1) is 27.9. The minimum absolute atomic E-state index is 1.12. The molecule has 7 rings (SSSR count). The molecular weight excluding hydrogens is 544 g/mol. The standard InChI is InChI=1S/C43H34N2/c1-33-11-10-18-42(31-33)44(38-14-4-2-5-15-38)40-26-21-34(22-27-40)19-20-35-23-28-41(29-24-35)45(39-16-6-3-7-17-39)43-30-25-36-12-8-9-13-37(36)32-43/h2-32H,1H3. The van der Waals surface area contributed by atoms with Gasteiger partial charge in [-0.05, 0) is 107 Å². The molecule has 0 unspecified atom stereocenters. The molecule has 0 aromatic heterocycles. The first-order valence-electron chi connectivity index (χ1n) is 15.4. The van der Waals surface area contributed by atoms with E-state index in [4.69, 9.17) is 0 Å². The Hall–Kier alpha value is -5.86. The molecule has 0 N–H and O–H groups in total. The van der Waals surface area contributed by atoms with Gasteiger partial charge in [0, 0.05) is 34.1 Å². The molecule has 45 heavy (non-hydrogen) atoms. The Balaban J connectivity index is 1.14. The van der Waals surface area contributed by atoms with E-state index in [9.17, 15) is 0 Å². The fourth-order valence-electron chi connectivity index (χ4n) is 5.79. The van der Waals surface area contributed by atoms with E-state index in [-0.39, 0.29) is 0 Å². The summed E-state index contributed by atoms with van der Waals surface area (Å²) in [5.41, 5.74) is 10.4. The van der Waals surface area contributed by atoms with Crippen LogP contribution < -0.4 is 9.80 Å². The minimum Gasteiger partial charge on any atom is -0.310 e. The molecule has 0 aliphatic heterocycles. The van der Waals surface area contributed by atoms with Gasteiger partial charge in [0.05, 0.1) is 0 Å². The molecule has 2 heteroatoms. The molecule has 0 spiro atoms. The lowest BCUT2D eigenvalue weighted by Crippen LogP contribution is -2.09. The zero-order valence-corrected chi connectivity index (χ0v) is 25.3. The first-order chi connectivity index (χ1) is 22.2. The van der Waals surface area contributed by atoms with E-state index in [1.807, 2.05) is 0 Å². The van der Waals surface area contributed by atoms with Crippen LogP contribution in [-0.4, -0.2) is 0 Å². The molecule has 0 radical (unpaired) electrons. The van der Waals surface area contributed by atoms with Crippen LogP contribution in [0.5, 0.6) is 0 Å². The molecule has 0 amide bonds. The van der Waals surface area contributed by atoms with Crippen LogP contribution in [0.1, 0.15) is 16.7 Å². The van der Waals surface area contributed by atoms with E-state index in [1.54, 1.807) is 0 Å². The van der Waals surface area contributed by atoms with Gasteiger partial charge in [0.15, 0.2) is 0 Å². The largest absolute Gasteiger partial charge is 0.310 e. The van der Waals surface area contributed by atoms with Gasteiger partial charge in [0.1, 0.15) is 0 Å². The highest BCUT2D eigenvalue weighted by atomic mass is 15.1. The molecule has 0 atom stereocenters. The number of anilines is 6. The lowest BCUT2D eigenvalue weighted by atomic mass is 10.1. The molecule has 0 saturated carbocycles. The Morgan fingerprint density at radius 2 is 0.756 bits per heavy atom. The van der Waals surface area contributed by atoms with Crippen LogP contribution in [0.3, 0.4) is 0 Å². The van der Waals surface area contributed by atoms with E-state index >= 15 is 0 Å². The fraction of sp³-hybridized carbons (Fsp3) is 0.0233. The second-order valence-electron chi connectivity index (χ2n) is 11.2. The first-order valence-corrected chi connectivity index (χ1v) is 15.4. The second-order valence-corrected chi connectivity index (χ2v) is 11.2. The fourth-order valence-corrected chi connectivity index (χ4v) is 5.79. The Kier molecular flexibility index (Phi) is 7.94. The highest BCUT2D eigenvalue weighted by Gasteiger charge is 2.14. The molecule has 0 fully saturated rings. The highest BCUT2D eigenvalue weighted by molar-refractivity contribution is 5.89. The van der Waals surface area contributed by atoms with Crippen molar-refractivity contribution in [1.82, 2.24) is 0 Å². The van der Waals surface area contributed by atoms with Gasteiger partial charge in [-0.25, -0.2) is 0 Å². The number of aryl methyl sites for hydroxylation is 1. The molecule has 7 aromatic rings. The van der Waals surface area contributed by atoms with E-state index in [1.165, 1.54) is 16.3 Å². The summed E-state index contributed by atoms with van der Waals surface area (Å²) < 4.78 is 0. The monoisotopic (exact) mass is 578 g/mol. The van der Waals surface area contributed by atoms with Crippen molar-refractivity contribution in [3.05, 3.63) is 193 Å². The van der Waals surface area contributed by atoms with Crippen LogP contribution in [0.4, 0.5) is 34.1 Å². The average molecular weight is 579 g/mol. The summed E-state index contributed by atoms with van der Waals surface area (Å²) in [7, 11) is 0. The van der Waals surface area contributed by atoms with E-state index < -0.39 is 0 Å². The van der Waals surface area contributed by atoms with Crippen LogP contribution in [-0.2, 0) is 0 Å². The zero-order chi connectivity index (χ0) is 30.4. The van der Waals surface area contributed by atoms with Gasteiger partial charge < -0.3 is 9.80 Å². The Morgan fingerprint density at radius 1 is 0.333 bits per heavy atom. The Bertz CT molecular complexity index is 2040. The molecule has 0 bridgehead atoms. The number of nitrogens with zero attached hydrogens (tertiary/aromatic N) is 2. The molecule has 7 aromatic carbocycles. The summed E-state index contributed by atoms with van der Waals surface area (Å²) in [4.78, 5) is 4.61. The summed E-state index contributed by atoms with van der Waals surface area (Å²) in [6, 6.07) is 62.4. The van der Waals surface area contributed by atoms with Crippen LogP contribution in [0.15, 0.2) is 176 Å². The highest BCUT2D eigenvalue weighted by Crippen LogP contribution is 2.37. The van der Waals surface area contributed by atoms with Crippen molar-refractivity contribution in [1.29, 1.82) is 0 Å². The maximum atomic E-state index is 2.31. The Morgan fingerprint density at radius 3 is 1.29 bits per heavy atom. The zero-order valence-electron chi connectivity index (χ0n) is 25.3. The van der Waals surface area contributed by atoms with E-state index in [0.717, 1.165) is 45.3 Å². The maximum Gasteiger partial charge on any atom is 0.0468 e. The summed E-state index contributed by atoms with van der Waals surface area (Å²) in [5, 5.41) is 2.47. The van der Waals surface area contributed by atoms with Crippen molar-refractivity contribution < 1.29 is 0 Å². The summed E-state index contributed by atoms with van der Waals surface area (Å²) in [6.07, 6.45) is 4.35. The van der Waals surface area contributed by atoms with Gasteiger partial charge in [-0.3, -0.25) is 0 Å². The number of hydrogen-bond acceptors (Lipinski definition) is 2. The third-order valence-electron chi connectivity index (χ3n) is 8.05. The van der Waals surface area contributed by atoms with Crippen LogP contribution in [0.2, 0.25) is 0 Å². The maximum absolute atomic E-state index is 2.31. The summed E-state index contributed by atoms with van der Waals surface area (Å²) in [6.45, 7) is 2.13. The predicted molar refractivity (Wildman–Crippen MR) is 193 cm³/mol. The molecule has 0 saturated heterocycles. The molecule has 2 nitrogen and oxygen atoms in total. The summed E-state index contributed by atoms with van der Waals surface area (Å²) >= 11 is 0. The molecule has 0 aliphatic carbocycles. The minimum atomic E-state index is 1.12. The number of benzene rings is 7. The third kappa shape index (κ3) is 6.27.